The molecule has 1 N–H and O–H groups in total. The Kier molecular flexibility index (Phi) is 5.68. The van der Waals surface area contributed by atoms with Crippen LogP contribution in [0.4, 0.5) is 13.2 Å². The molecule has 0 radical (unpaired) electrons. The second-order valence-corrected chi connectivity index (χ2v) is 6.24. The average molecular weight is 385 g/mol. The first-order valence-electron chi connectivity index (χ1n) is 8.48. The summed E-state index contributed by atoms with van der Waals surface area (Å²) in [6, 6.07) is 0. The number of nitrogens with one attached hydrogen (secondary N) is 1. The average Bonchev–Trinajstić information content (AvgIpc) is 3.23. The lowest BCUT2D eigenvalue weighted by Crippen LogP contribution is -2.48. The summed E-state index contributed by atoms with van der Waals surface area (Å²) in [6.45, 7) is 0.798. The highest BCUT2D eigenvalue weighted by atomic mass is 19.4. The van der Waals surface area contributed by atoms with Crippen LogP contribution in [-0.4, -0.2) is 63.1 Å². The maximum absolute atomic E-state index is 12.6. The van der Waals surface area contributed by atoms with Gasteiger partial charge in [-0.3, -0.25) is 9.67 Å². The number of halogens is 3. The van der Waals surface area contributed by atoms with Crippen molar-refractivity contribution in [3.05, 3.63) is 36.2 Å². The van der Waals surface area contributed by atoms with E-state index < -0.39 is 12.7 Å². The molecule has 11 heteroatoms. The van der Waals surface area contributed by atoms with Crippen molar-refractivity contribution in [2.24, 2.45) is 12.0 Å². The number of nitrogens with zero attached hydrogens (tertiary/aromatic N) is 6. The van der Waals surface area contributed by atoms with E-state index in [9.17, 15) is 13.2 Å². The third-order valence-electron chi connectivity index (χ3n) is 4.23. The van der Waals surface area contributed by atoms with Gasteiger partial charge in [0.05, 0.1) is 25.9 Å². The molecule has 0 saturated carbocycles. The lowest BCUT2D eigenvalue weighted by molar-refractivity contribution is -0.141. The van der Waals surface area contributed by atoms with Gasteiger partial charge in [-0.25, -0.2) is 4.98 Å². The van der Waals surface area contributed by atoms with Crippen LogP contribution in [0.3, 0.4) is 0 Å². The Labute approximate surface area is 154 Å². The van der Waals surface area contributed by atoms with Crippen molar-refractivity contribution in [1.82, 2.24) is 29.5 Å². The Morgan fingerprint density at radius 1 is 1.44 bits per heavy atom. The van der Waals surface area contributed by atoms with Crippen LogP contribution in [0.5, 0.6) is 0 Å². The van der Waals surface area contributed by atoms with Crippen LogP contribution in [0, 0.1) is 0 Å². The summed E-state index contributed by atoms with van der Waals surface area (Å²) in [4.78, 5) is 10.3. The first-order valence-corrected chi connectivity index (χ1v) is 8.48. The molecule has 0 bridgehead atoms. The van der Waals surface area contributed by atoms with Gasteiger partial charge in [-0.1, -0.05) is 0 Å². The van der Waals surface area contributed by atoms with Gasteiger partial charge in [-0.15, -0.1) is 0 Å². The zero-order chi connectivity index (χ0) is 19.4. The summed E-state index contributed by atoms with van der Waals surface area (Å²) >= 11 is 0. The van der Waals surface area contributed by atoms with E-state index in [-0.39, 0.29) is 12.6 Å². The number of guanidine groups is 1. The van der Waals surface area contributed by atoms with Gasteiger partial charge in [0.2, 0.25) is 0 Å². The number of hydrogen-bond acceptors (Lipinski definition) is 4. The summed E-state index contributed by atoms with van der Waals surface area (Å²) in [7, 11) is 3.48. The highest BCUT2D eigenvalue weighted by Gasteiger charge is 2.29. The fraction of sp³-hybridized carbons (Fsp3) is 0.562. The van der Waals surface area contributed by atoms with Crippen molar-refractivity contribution in [3.8, 4) is 0 Å². The maximum atomic E-state index is 12.6. The summed E-state index contributed by atoms with van der Waals surface area (Å²) in [5.74, 6) is 0.888. The van der Waals surface area contributed by atoms with E-state index >= 15 is 0 Å². The molecule has 27 heavy (non-hydrogen) atoms. The maximum Gasteiger partial charge on any atom is 0.406 e. The third kappa shape index (κ3) is 5.00. The molecule has 0 aliphatic carbocycles. The molecule has 1 atom stereocenters. The molecule has 3 rings (SSSR count). The Morgan fingerprint density at radius 2 is 2.26 bits per heavy atom. The molecule has 0 aromatic carbocycles. The number of morpholine rings is 1. The molecule has 3 heterocycles. The van der Waals surface area contributed by atoms with E-state index in [0.29, 0.717) is 31.5 Å². The number of alkyl halides is 3. The second kappa shape index (κ2) is 7.99. The molecular formula is C16H22F3N7O. The first kappa shape index (κ1) is 19.2. The topological polar surface area (TPSA) is 72.5 Å². The summed E-state index contributed by atoms with van der Waals surface area (Å²) in [5.41, 5.74) is 0.971. The molecule has 1 aliphatic rings. The first-order chi connectivity index (χ1) is 12.9. The molecule has 1 unspecified atom stereocenters. The monoisotopic (exact) mass is 385 g/mol. The Morgan fingerprint density at radius 3 is 2.93 bits per heavy atom. The van der Waals surface area contributed by atoms with Crippen molar-refractivity contribution < 1.29 is 17.9 Å². The second-order valence-electron chi connectivity index (χ2n) is 6.24. The molecule has 148 valence electrons. The van der Waals surface area contributed by atoms with Gasteiger partial charge in [0.15, 0.2) is 5.96 Å². The molecule has 0 amide bonds. The number of aromatic nitrogens is 4. The normalized spacial score (nSPS) is 18.8. The molecule has 2 aromatic heterocycles. The lowest BCUT2D eigenvalue weighted by atomic mass is 10.1. The van der Waals surface area contributed by atoms with Crippen LogP contribution in [0.15, 0.2) is 29.8 Å². The number of imidazole rings is 1. The van der Waals surface area contributed by atoms with Gasteiger partial charge in [0.25, 0.3) is 0 Å². The highest BCUT2D eigenvalue weighted by Crippen LogP contribution is 2.22. The molecule has 0 spiro atoms. The zero-order valence-electron chi connectivity index (χ0n) is 15.1. The van der Waals surface area contributed by atoms with E-state index in [4.69, 9.17) is 4.74 Å². The third-order valence-corrected chi connectivity index (χ3v) is 4.23. The Balaban J connectivity index is 1.62. The number of hydrogen-bond donors (Lipinski definition) is 1. The van der Waals surface area contributed by atoms with E-state index in [2.05, 4.69) is 20.4 Å². The molecule has 8 nitrogen and oxygen atoms in total. The zero-order valence-corrected chi connectivity index (χ0v) is 15.1. The highest BCUT2D eigenvalue weighted by molar-refractivity contribution is 5.79. The Hall–Kier alpha value is -2.56. The van der Waals surface area contributed by atoms with E-state index in [0.717, 1.165) is 10.1 Å². The molecule has 1 fully saturated rings. The number of aryl methyl sites for hydroxylation is 1. The van der Waals surface area contributed by atoms with Crippen molar-refractivity contribution in [2.75, 3.05) is 26.7 Å². The molecule has 1 aliphatic heterocycles. The number of ether oxygens (including phenoxy) is 1. The minimum atomic E-state index is -4.29. The summed E-state index contributed by atoms with van der Waals surface area (Å²) < 4.78 is 46.5. The predicted octanol–water partition coefficient (Wildman–Crippen LogP) is 1.33. The van der Waals surface area contributed by atoms with Crippen LogP contribution in [0.25, 0.3) is 0 Å². The summed E-state index contributed by atoms with van der Waals surface area (Å²) in [6.07, 6.45) is 1.91. The molecule has 1 saturated heterocycles. The van der Waals surface area contributed by atoms with Crippen LogP contribution in [0.1, 0.15) is 17.5 Å². The van der Waals surface area contributed by atoms with Crippen LogP contribution >= 0.6 is 0 Å². The van der Waals surface area contributed by atoms with Crippen molar-refractivity contribution in [1.29, 1.82) is 0 Å². The largest absolute Gasteiger partial charge is 0.406 e. The van der Waals surface area contributed by atoms with Crippen molar-refractivity contribution in [2.45, 2.75) is 25.4 Å². The predicted molar refractivity (Wildman–Crippen MR) is 92.0 cm³/mol. The van der Waals surface area contributed by atoms with E-state index in [1.165, 1.54) is 12.4 Å². The van der Waals surface area contributed by atoms with Crippen LogP contribution in [-0.2, 0) is 24.9 Å². The van der Waals surface area contributed by atoms with Crippen LogP contribution < -0.4 is 5.32 Å². The van der Waals surface area contributed by atoms with Crippen molar-refractivity contribution in [3.63, 3.8) is 0 Å². The number of aliphatic imine (C=N–C) groups is 1. The fourth-order valence-electron chi connectivity index (χ4n) is 2.98. The van der Waals surface area contributed by atoms with E-state index in [1.54, 1.807) is 17.9 Å². The Bertz CT molecular complexity index is 783. The standard InChI is InChI=1S/C16H22F3N7O/c1-20-15(22-8-14-21-3-4-26(14)11-16(17,18)19)25-5-6-27-13(10-25)12-7-23-24(2)9-12/h3-4,7,9,13H,5-6,8,10-11H2,1-2H3,(H,20,22). The SMILES string of the molecule is CN=C(NCc1nccn1CC(F)(F)F)N1CCOC(c2cnn(C)c2)C1. The smallest absolute Gasteiger partial charge is 0.370 e. The molecule has 2 aromatic rings. The van der Waals surface area contributed by atoms with Gasteiger partial charge in [0.1, 0.15) is 18.5 Å². The lowest BCUT2D eigenvalue weighted by Gasteiger charge is -2.34. The fourth-order valence-corrected chi connectivity index (χ4v) is 2.98. The van der Waals surface area contributed by atoms with Crippen LogP contribution in [0.2, 0.25) is 0 Å². The summed E-state index contributed by atoms with van der Waals surface area (Å²) in [5, 5.41) is 7.25. The van der Waals surface area contributed by atoms with E-state index in [1.807, 2.05) is 18.1 Å². The van der Waals surface area contributed by atoms with Gasteiger partial charge in [-0.2, -0.15) is 18.3 Å². The van der Waals surface area contributed by atoms with Crippen molar-refractivity contribution >= 4 is 5.96 Å². The van der Waals surface area contributed by atoms with Gasteiger partial charge in [-0.05, 0) is 0 Å². The minimum absolute atomic E-state index is 0.141. The van der Waals surface area contributed by atoms with Gasteiger partial charge in [0, 0.05) is 44.8 Å². The van der Waals surface area contributed by atoms with Gasteiger partial charge < -0.3 is 19.5 Å². The van der Waals surface area contributed by atoms with Gasteiger partial charge >= 0.3 is 6.18 Å². The minimum Gasteiger partial charge on any atom is -0.370 e. The quantitative estimate of drug-likeness (QED) is 0.635. The number of rotatable bonds is 4. The molecular weight excluding hydrogens is 363 g/mol.